The third kappa shape index (κ3) is 3.15. The zero-order valence-corrected chi connectivity index (χ0v) is 12.0. The van der Waals surface area contributed by atoms with Crippen LogP contribution in [-0.4, -0.2) is 16.7 Å². The second kappa shape index (κ2) is 5.76. The molecule has 17 heavy (non-hydrogen) atoms. The normalized spacial score (nSPS) is 12.6. The molecule has 4 heteroatoms. The van der Waals surface area contributed by atoms with Crippen molar-refractivity contribution in [1.29, 1.82) is 0 Å². The topological polar surface area (TPSA) is 33.1 Å². The van der Waals surface area contributed by atoms with E-state index < -0.39 is 0 Å². The Kier molecular flexibility index (Phi) is 4.31. The van der Waals surface area contributed by atoms with Gasteiger partial charge in [0.25, 0.3) is 0 Å². The number of nitrogens with zero attached hydrogens (tertiary/aromatic N) is 1. The van der Waals surface area contributed by atoms with Gasteiger partial charge in [0.2, 0.25) is 0 Å². The van der Waals surface area contributed by atoms with E-state index in [0.717, 1.165) is 27.2 Å². The first-order valence-electron chi connectivity index (χ1n) is 5.53. The molecule has 2 aromatic rings. The first-order valence-corrected chi connectivity index (χ1v) is 7.20. The number of rotatable bonds is 4. The molecule has 2 rings (SSSR count). The molecule has 1 heterocycles. The maximum Gasteiger partial charge on any atom is 0.0961 e. The molecule has 0 bridgehead atoms. The molecule has 1 aromatic carbocycles. The predicted octanol–water partition coefficient (Wildman–Crippen LogP) is 4.06. The van der Waals surface area contributed by atoms with Crippen LogP contribution in [0.25, 0.3) is 11.3 Å². The van der Waals surface area contributed by atoms with Gasteiger partial charge in [-0.1, -0.05) is 35.0 Å². The van der Waals surface area contributed by atoms with Crippen LogP contribution >= 0.6 is 27.3 Å². The molecule has 1 aromatic heterocycles. The number of benzene rings is 1. The molecule has 1 unspecified atom stereocenters. The van der Waals surface area contributed by atoms with Crippen LogP contribution in [0.3, 0.4) is 0 Å². The Morgan fingerprint density at radius 3 is 2.71 bits per heavy atom. The molecule has 0 fully saturated rings. The van der Waals surface area contributed by atoms with Crippen molar-refractivity contribution in [2.45, 2.75) is 19.3 Å². The zero-order chi connectivity index (χ0) is 12.3. The number of aromatic nitrogens is 1. The molecule has 90 valence electrons. The van der Waals surface area contributed by atoms with Gasteiger partial charge in [0.05, 0.1) is 10.7 Å². The number of hydrogen-bond donors (Lipinski definition) is 1. The van der Waals surface area contributed by atoms with Crippen LogP contribution in [-0.2, 0) is 0 Å². The Morgan fingerprint density at radius 1 is 1.35 bits per heavy atom. The van der Waals surface area contributed by atoms with Gasteiger partial charge in [0, 0.05) is 27.9 Å². The van der Waals surface area contributed by atoms with E-state index in [4.69, 9.17) is 5.11 Å². The second-order valence-corrected chi connectivity index (χ2v) is 5.80. The van der Waals surface area contributed by atoms with E-state index in [2.05, 4.69) is 45.4 Å². The summed E-state index contributed by atoms with van der Waals surface area (Å²) >= 11 is 5.08. The molecule has 0 aliphatic heterocycles. The van der Waals surface area contributed by atoms with E-state index in [1.165, 1.54) is 0 Å². The first-order chi connectivity index (χ1) is 8.20. The number of aliphatic hydroxyl groups is 1. The van der Waals surface area contributed by atoms with Crippen LogP contribution in [0, 0.1) is 0 Å². The summed E-state index contributed by atoms with van der Waals surface area (Å²) in [5.74, 6) is 0.328. The Balaban J connectivity index is 2.20. The predicted molar refractivity (Wildman–Crippen MR) is 75.4 cm³/mol. The van der Waals surface area contributed by atoms with E-state index >= 15 is 0 Å². The van der Waals surface area contributed by atoms with Crippen LogP contribution in [0.15, 0.2) is 34.1 Å². The van der Waals surface area contributed by atoms with Crippen molar-refractivity contribution >= 4 is 27.3 Å². The summed E-state index contributed by atoms with van der Waals surface area (Å²) in [5.41, 5.74) is 2.15. The quantitative estimate of drug-likeness (QED) is 0.923. The number of hydrogen-bond acceptors (Lipinski definition) is 3. The van der Waals surface area contributed by atoms with Crippen molar-refractivity contribution in [3.63, 3.8) is 0 Å². The fourth-order valence-corrected chi connectivity index (χ4v) is 2.77. The third-order valence-electron chi connectivity index (χ3n) is 2.65. The molecule has 0 saturated heterocycles. The van der Waals surface area contributed by atoms with Crippen molar-refractivity contribution in [3.8, 4) is 11.3 Å². The number of halogens is 1. The van der Waals surface area contributed by atoms with Crippen molar-refractivity contribution in [1.82, 2.24) is 4.98 Å². The van der Waals surface area contributed by atoms with E-state index in [-0.39, 0.29) is 6.61 Å². The van der Waals surface area contributed by atoms with Gasteiger partial charge in [-0.25, -0.2) is 4.98 Å². The lowest BCUT2D eigenvalue weighted by molar-refractivity contribution is 0.278. The van der Waals surface area contributed by atoms with Crippen LogP contribution in [0.2, 0.25) is 0 Å². The van der Waals surface area contributed by atoms with E-state index in [0.29, 0.717) is 5.92 Å². The lowest BCUT2D eigenvalue weighted by atomic mass is 10.1. The first kappa shape index (κ1) is 12.7. The van der Waals surface area contributed by atoms with Gasteiger partial charge >= 0.3 is 0 Å². The van der Waals surface area contributed by atoms with Crippen LogP contribution in [0.4, 0.5) is 0 Å². The highest BCUT2D eigenvalue weighted by Crippen LogP contribution is 2.28. The SMILES string of the molecule is CC(CCO)c1nc(-c2ccc(Br)cc2)cs1. The minimum absolute atomic E-state index is 0.217. The minimum Gasteiger partial charge on any atom is -0.396 e. The standard InChI is InChI=1S/C13H14BrNOS/c1-9(6-7-16)13-15-12(8-17-13)10-2-4-11(14)5-3-10/h2-5,8-9,16H,6-7H2,1H3. The summed E-state index contributed by atoms with van der Waals surface area (Å²) in [6.45, 7) is 2.31. The average Bonchev–Trinajstić information content (AvgIpc) is 2.80. The van der Waals surface area contributed by atoms with Gasteiger partial charge in [-0.3, -0.25) is 0 Å². The van der Waals surface area contributed by atoms with E-state index in [1.54, 1.807) is 11.3 Å². The van der Waals surface area contributed by atoms with Gasteiger partial charge in [-0.05, 0) is 18.6 Å². The van der Waals surface area contributed by atoms with Gasteiger partial charge < -0.3 is 5.11 Å². The van der Waals surface area contributed by atoms with Crippen molar-refractivity contribution in [2.75, 3.05) is 6.61 Å². The summed E-state index contributed by atoms with van der Waals surface area (Å²) in [7, 11) is 0. The lowest BCUT2D eigenvalue weighted by Crippen LogP contribution is -1.95. The number of aliphatic hydroxyl groups excluding tert-OH is 1. The molecule has 0 radical (unpaired) electrons. The van der Waals surface area contributed by atoms with Gasteiger partial charge in [-0.15, -0.1) is 11.3 Å². The number of thiazole rings is 1. The molecule has 2 nitrogen and oxygen atoms in total. The monoisotopic (exact) mass is 311 g/mol. The Labute approximate surface area is 113 Å². The largest absolute Gasteiger partial charge is 0.396 e. The fraction of sp³-hybridized carbons (Fsp3) is 0.308. The molecule has 1 N–H and O–H groups in total. The molecule has 1 atom stereocenters. The second-order valence-electron chi connectivity index (χ2n) is 3.99. The Morgan fingerprint density at radius 2 is 2.06 bits per heavy atom. The van der Waals surface area contributed by atoms with Gasteiger partial charge in [0.1, 0.15) is 0 Å². The lowest BCUT2D eigenvalue weighted by Gasteiger charge is -2.04. The molecule has 0 amide bonds. The summed E-state index contributed by atoms with van der Waals surface area (Å²) < 4.78 is 1.07. The summed E-state index contributed by atoms with van der Waals surface area (Å²) in [5, 5.41) is 12.1. The molecular formula is C13H14BrNOS. The Bertz CT molecular complexity index is 480. The van der Waals surface area contributed by atoms with Crippen LogP contribution in [0.5, 0.6) is 0 Å². The summed E-state index contributed by atoms with van der Waals surface area (Å²) in [6.07, 6.45) is 0.771. The molecule has 0 aliphatic rings. The molecule has 0 saturated carbocycles. The van der Waals surface area contributed by atoms with E-state index in [1.807, 2.05) is 12.1 Å². The van der Waals surface area contributed by atoms with Gasteiger partial charge in [-0.2, -0.15) is 0 Å². The fourth-order valence-electron chi connectivity index (χ4n) is 1.58. The third-order valence-corrected chi connectivity index (χ3v) is 4.25. The average molecular weight is 312 g/mol. The summed E-state index contributed by atoms with van der Waals surface area (Å²) in [6, 6.07) is 8.15. The van der Waals surface area contributed by atoms with Crippen molar-refractivity contribution < 1.29 is 5.11 Å². The molecule has 0 spiro atoms. The maximum atomic E-state index is 8.92. The van der Waals surface area contributed by atoms with Crippen molar-refractivity contribution in [2.24, 2.45) is 0 Å². The highest BCUT2D eigenvalue weighted by Gasteiger charge is 2.10. The molecular weight excluding hydrogens is 298 g/mol. The minimum atomic E-state index is 0.217. The smallest absolute Gasteiger partial charge is 0.0961 e. The Hall–Kier alpha value is -0.710. The van der Waals surface area contributed by atoms with Crippen molar-refractivity contribution in [3.05, 3.63) is 39.1 Å². The highest BCUT2D eigenvalue weighted by molar-refractivity contribution is 9.10. The van der Waals surface area contributed by atoms with Gasteiger partial charge in [0.15, 0.2) is 0 Å². The van der Waals surface area contributed by atoms with E-state index in [9.17, 15) is 0 Å². The maximum absolute atomic E-state index is 8.92. The molecule has 0 aliphatic carbocycles. The van der Waals surface area contributed by atoms with Crippen LogP contribution < -0.4 is 0 Å². The van der Waals surface area contributed by atoms with Crippen LogP contribution in [0.1, 0.15) is 24.3 Å². The zero-order valence-electron chi connectivity index (χ0n) is 9.56. The summed E-state index contributed by atoms with van der Waals surface area (Å²) in [4.78, 5) is 4.62. The highest BCUT2D eigenvalue weighted by atomic mass is 79.9.